The molecule has 1 aromatic rings. The van der Waals surface area contributed by atoms with E-state index < -0.39 is 0 Å². The standard InChI is InChI=1S/C13H19IO2/c1-11(2)7-8-15-9-10-16-13-5-3-12(14)4-6-13/h3-6,11H,7-10H2,1-2H3. The first kappa shape index (κ1) is 13.8. The van der Waals surface area contributed by atoms with E-state index in [0.717, 1.165) is 18.8 Å². The van der Waals surface area contributed by atoms with Gasteiger partial charge in [0.2, 0.25) is 0 Å². The maximum Gasteiger partial charge on any atom is 0.119 e. The molecule has 0 atom stereocenters. The van der Waals surface area contributed by atoms with Crippen LogP contribution in [0.15, 0.2) is 24.3 Å². The van der Waals surface area contributed by atoms with Gasteiger partial charge in [-0.15, -0.1) is 0 Å². The highest BCUT2D eigenvalue weighted by molar-refractivity contribution is 14.1. The highest BCUT2D eigenvalue weighted by Gasteiger charge is 1.95. The van der Waals surface area contributed by atoms with Crippen LogP contribution in [0.25, 0.3) is 0 Å². The zero-order valence-corrected chi connectivity index (χ0v) is 12.1. The van der Waals surface area contributed by atoms with E-state index in [2.05, 4.69) is 36.4 Å². The van der Waals surface area contributed by atoms with Gasteiger partial charge in [-0.2, -0.15) is 0 Å². The molecular weight excluding hydrogens is 315 g/mol. The number of halogens is 1. The average molecular weight is 334 g/mol. The molecule has 0 saturated carbocycles. The first-order chi connectivity index (χ1) is 7.68. The molecule has 0 bridgehead atoms. The molecule has 0 amide bonds. The Labute approximate surface area is 111 Å². The molecule has 0 aliphatic rings. The van der Waals surface area contributed by atoms with Crippen LogP contribution >= 0.6 is 22.6 Å². The summed E-state index contributed by atoms with van der Waals surface area (Å²) in [4.78, 5) is 0. The first-order valence-corrected chi connectivity index (χ1v) is 6.72. The van der Waals surface area contributed by atoms with E-state index >= 15 is 0 Å². The second kappa shape index (κ2) is 7.90. The minimum absolute atomic E-state index is 0.624. The summed E-state index contributed by atoms with van der Waals surface area (Å²) >= 11 is 2.28. The molecule has 1 aromatic carbocycles. The summed E-state index contributed by atoms with van der Waals surface area (Å²) in [6.45, 7) is 6.52. The van der Waals surface area contributed by atoms with Crippen molar-refractivity contribution >= 4 is 22.6 Å². The lowest BCUT2D eigenvalue weighted by atomic mass is 10.1. The van der Waals surface area contributed by atoms with Crippen LogP contribution in [0.1, 0.15) is 20.3 Å². The van der Waals surface area contributed by atoms with E-state index in [0.29, 0.717) is 19.1 Å². The second-order valence-electron chi connectivity index (χ2n) is 4.10. The van der Waals surface area contributed by atoms with Gasteiger partial charge in [-0.3, -0.25) is 0 Å². The third-order valence-electron chi connectivity index (χ3n) is 2.15. The Bertz CT molecular complexity index is 282. The number of benzene rings is 1. The largest absolute Gasteiger partial charge is 0.491 e. The number of hydrogen-bond acceptors (Lipinski definition) is 2. The summed E-state index contributed by atoms with van der Waals surface area (Å²) in [5.41, 5.74) is 0. The fourth-order valence-electron chi connectivity index (χ4n) is 1.17. The van der Waals surface area contributed by atoms with Crippen molar-refractivity contribution in [2.24, 2.45) is 5.92 Å². The van der Waals surface area contributed by atoms with Crippen molar-refractivity contribution in [1.82, 2.24) is 0 Å². The molecule has 0 aliphatic heterocycles. The lowest BCUT2D eigenvalue weighted by molar-refractivity contribution is 0.0926. The highest BCUT2D eigenvalue weighted by Crippen LogP contribution is 2.13. The molecule has 0 spiro atoms. The summed E-state index contributed by atoms with van der Waals surface area (Å²) in [6.07, 6.45) is 1.11. The molecule has 0 fully saturated rings. The van der Waals surface area contributed by atoms with Crippen LogP contribution in [-0.4, -0.2) is 19.8 Å². The lowest BCUT2D eigenvalue weighted by Crippen LogP contribution is -2.08. The lowest BCUT2D eigenvalue weighted by Gasteiger charge is -2.08. The fraction of sp³-hybridized carbons (Fsp3) is 0.538. The quantitative estimate of drug-likeness (QED) is 0.559. The molecule has 3 heteroatoms. The highest BCUT2D eigenvalue weighted by atomic mass is 127. The van der Waals surface area contributed by atoms with Gasteiger partial charge in [0, 0.05) is 10.2 Å². The minimum atomic E-state index is 0.624. The van der Waals surface area contributed by atoms with Crippen LogP contribution in [0.2, 0.25) is 0 Å². The molecule has 0 heterocycles. The molecule has 0 N–H and O–H groups in total. The Hall–Kier alpha value is -0.290. The molecule has 0 unspecified atom stereocenters. The predicted molar refractivity (Wildman–Crippen MR) is 74.9 cm³/mol. The smallest absolute Gasteiger partial charge is 0.119 e. The Morgan fingerprint density at radius 2 is 1.75 bits per heavy atom. The van der Waals surface area contributed by atoms with Gasteiger partial charge in [0.05, 0.1) is 6.61 Å². The van der Waals surface area contributed by atoms with Crippen molar-refractivity contribution in [3.63, 3.8) is 0 Å². The van der Waals surface area contributed by atoms with Gasteiger partial charge in [0.25, 0.3) is 0 Å². The van der Waals surface area contributed by atoms with E-state index in [-0.39, 0.29) is 0 Å². The van der Waals surface area contributed by atoms with Gasteiger partial charge < -0.3 is 9.47 Å². The molecule has 2 nitrogen and oxygen atoms in total. The summed E-state index contributed by atoms with van der Waals surface area (Å²) in [6, 6.07) is 8.04. The molecular formula is C13H19IO2. The van der Waals surface area contributed by atoms with Crippen LogP contribution in [0, 0.1) is 9.49 Å². The molecule has 0 radical (unpaired) electrons. The summed E-state index contributed by atoms with van der Waals surface area (Å²) in [5, 5.41) is 0. The summed E-state index contributed by atoms with van der Waals surface area (Å²) in [7, 11) is 0. The van der Waals surface area contributed by atoms with Crippen molar-refractivity contribution in [2.45, 2.75) is 20.3 Å². The van der Waals surface area contributed by atoms with Crippen LogP contribution in [0.5, 0.6) is 5.75 Å². The third-order valence-corrected chi connectivity index (χ3v) is 2.87. The van der Waals surface area contributed by atoms with E-state index in [9.17, 15) is 0 Å². The van der Waals surface area contributed by atoms with Crippen LogP contribution in [-0.2, 0) is 4.74 Å². The van der Waals surface area contributed by atoms with Gasteiger partial charge in [-0.05, 0) is 59.2 Å². The molecule has 0 saturated heterocycles. The average Bonchev–Trinajstić information content (AvgIpc) is 2.25. The van der Waals surface area contributed by atoms with Crippen LogP contribution < -0.4 is 4.74 Å². The van der Waals surface area contributed by atoms with Crippen LogP contribution in [0.4, 0.5) is 0 Å². The van der Waals surface area contributed by atoms with E-state index in [1.165, 1.54) is 3.57 Å². The first-order valence-electron chi connectivity index (χ1n) is 5.64. The number of ether oxygens (including phenoxy) is 2. The topological polar surface area (TPSA) is 18.5 Å². The van der Waals surface area contributed by atoms with Crippen molar-refractivity contribution in [3.8, 4) is 5.75 Å². The SMILES string of the molecule is CC(C)CCOCCOc1ccc(I)cc1. The van der Waals surface area contributed by atoms with Gasteiger partial charge in [0.1, 0.15) is 12.4 Å². The normalized spacial score (nSPS) is 10.8. The van der Waals surface area contributed by atoms with Gasteiger partial charge in [-0.25, -0.2) is 0 Å². The molecule has 0 aliphatic carbocycles. The van der Waals surface area contributed by atoms with Gasteiger partial charge in [-0.1, -0.05) is 13.8 Å². The molecule has 16 heavy (non-hydrogen) atoms. The summed E-state index contributed by atoms with van der Waals surface area (Å²) < 4.78 is 12.2. The maximum atomic E-state index is 5.54. The molecule has 90 valence electrons. The van der Waals surface area contributed by atoms with E-state index in [4.69, 9.17) is 9.47 Å². The van der Waals surface area contributed by atoms with Gasteiger partial charge >= 0.3 is 0 Å². The van der Waals surface area contributed by atoms with E-state index in [1.807, 2.05) is 24.3 Å². The predicted octanol–water partition coefficient (Wildman–Crippen LogP) is 3.73. The Morgan fingerprint density at radius 3 is 2.38 bits per heavy atom. The van der Waals surface area contributed by atoms with Gasteiger partial charge in [0.15, 0.2) is 0 Å². The van der Waals surface area contributed by atoms with E-state index in [1.54, 1.807) is 0 Å². The minimum Gasteiger partial charge on any atom is -0.491 e. The zero-order valence-electron chi connectivity index (χ0n) is 9.91. The monoisotopic (exact) mass is 334 g/mol. The molecule has 0 aromatic heterocycles. The Balaban J connectivity index is 2.05. The van der Waals surface area contributed by atoms with Crippen molar-refractivity contribution in [2.75, 3.05) is 19.8 Å². The summed E-state index contributed by atoms with van der Waals surface area (Å²) in [5.74, 6) is 1.62. The van der Waals surface area contributed by atoms with Crippen molar-refractivity contribution in [3.05, 3.63) is 27.8 Å². The zero-order chi connectivity index (χ0) is 11.8. The maximum absolute atomic E-state index is 5.54. The van der Waals surface area contributed by atoms with Crippen molar-refractivity contribution < 1.29 is 9.47 Å². The van der Waals surface area contributed by atoms with Crippen LogP contribution in [0.3, 0.4) is 0 Å². The molecule has 1 rings (SSSR count). The van der Waals surface area contributed by atoms with Crippen molar-refractivity contribution in [1.29, 1.82) is 0 Å². The number of rotatable bonds is 7. The third kappa shape index (κ3) is 6.33. The Kier molecular flexibility index (Phi) is 6.80. The number of hydrogen-bond donors (Lipinski definition) is 0. The fourth-order valence-corrected chi connectivity index (χ4v) is 1.53. The second-order valence-corrected chi connectivity index (χ2v) is 5.34. The Morgan fingerprint density at radius 1 is 1.06 bits per heavy atom.